The third-order valence-corrected chi connectivity index (χ3v) is 11.0. The van der Waals surface area contributed by atoms with E-state index >= 15 is 0 Å². The van der Waals surface area contributed by atoms with Crippen molar-refractivity contribution >= 4 is 5.78 Å². The van der Waals surface area contributed by atoms with Crippen LogP contribution in [-0.4, -0.2) is 69.2 Å². The second-order valence-electron chi connectivity index (χ2n) is 13.0. The molecule has 0 amide bonds. The average Bonchev–Trinajstić information content (AvgIpc) is 3.05. The van der Waals surface area contributed by atoms with Crippen LogP contribution >= 0.6 is 0 Å². The Balaban J connectivity index is 1.43. The van der Waals surface area contributed by atoms with Gasteiger partial charge in [0.25, 0.3) is 0 Å². The smallest absolute Gasteiger partial charge is 0.210 e. The number of fused-ring (bicyclic) bond motifs is 2. The lowest BCUT2D eigenvalue weighted by atomic mass is 9.36. The summed E-state index contributed by atoms with van der Waals surface area (Å²) in [4.78, 5) is 17.2. The zero-order valence-corrected chi connectivity index (χ0v) is 23.5. The van der Waals surface area contributed by atoms with E-state index in [1.165, 1.54) is 5.57 Å². The molecule has 10 nitrogen and oxygen atoms in total. The molecule has 10 heteroatoms. The number of hydrogen-bond donors (Lipinski definition) is 1. The average molecular weight is 544 g/mol. The molecule has 0 unspecified atom stereocenters. The van der Waals surface area contributed by atoms with Crippen LogP contribution in [0.2, 0.25) is 0 Å². The van der Waals surface area contributed by atoms with Gasteiger partial charge in [-0.3, -0.25) is 4.79 Å². The summed E-state index contributed by atoms with van der Waals surface area (Å²) in [5.74, 6) is -1.35. The minimum atomic E-state index is -1.52. The van der Waals surface area contributed by atoms with Gasteiger partial charge in [-0.2, -0.15) is 0 Å². The molecular formula is C29H41N3O7. The lowest BCUT2D eigenvalue weighted by Crippen LogP contribution is -2.84. The standard InChI is InChI=1S/C29H41N3O7/c1-16-18-9-10-19-27-15-38-29(36-5,28(19,22(16)33)25(18)35-4)23(34)21(27)26(2,3)14-17-8-11-20(39-24(17)27)37-13-7-6-12-31-32-30/h18-21,23,25,34H,1,6-15H2,2-5H3/t18-,19-,20+,21+,23-,25+,27-,28-,29-/m0/s1. The van der Waals surface area contributed by atoms with Crippen molar-refractivity contribution in [2.45, 2.75) is 83.1 Å². The highest BCUT2D eigenvalue weighted by molar-refractivity contribution is 6.05. The number of unbranched alkanes of at least 4 members (excludes halogenated alkanes) is 1. The highest BCUT2D eigenvalue weighted by atomic mass is 16.7. The van der Waals surface area contributed by atoms with E-state index in [1.807, 2.05) is 0 Å². The first-order valence-corrected chi connectivity index (χ1v) is 14.3. The summed E-state index contributed by atoms with van der Waals surface area (Å²) < 4.78 is 31.9. The molecule has 7 rings (SSSR count). The third-order valence-electron chi connectivity index (χ3n) is 11.0. The van der Waals surface area contributed by atoms with Gasteiger partial charge < -0.3 is 28.8 Å². The molecule has 4 aliphatic carbocycles. The molecule has 3 heterocycles. The minimum absolute atomic E-state index is 0.102. The molecular weight excluding hydrogens is 502 g/mol. The number of nitrogens with zero attached hydrogens (tertiary/aromatic N) is 3. The summed E-state index contributed by atoms with van der Waals surface area (Å²) in [6.45, 7) is 9.88. The highest BCUT2D eigenvalue weighted by Crippen LogP contribution is 2.78. The van der Waals surface area contributed by atoms with Gasteiger partial charge in [-0.15, -0.1) is 0 Å². The van der Waals surface area contributed by atoms with Crippen LogP contribution in [-0.2, 0) is 28.5 Å². The fourth-order valence-electron chi connectivity index (χ4n) is 9.96. The summed E-state index contributed by atoms with van der Waals surface area (Å²) in [6.07, 6.45) is 3.46. The van der Waals surface area contributed by atoms with Crippen LogP contribution < -0.4 is 0 Å². The quantitative estimate of drug-likeness (QED) is 0.157. The van der Waals surface area contributed by atoms with Crippen molar-refractivity contribution in [2.75, 3.05) is 34.0 Å². The lowest BCUT2D eigenvalue weighted by Gasteiger charge is -2.74. The first-order valence-electron chi connectivity index (χ1n) is 14.3. The number of carbonyl (C=O) groups is 1. The van der Waals surface area contributed by atoms with Crippen LogP contribution in [0.1, 0.15) is 58.8 Å². The summed E-state index contributed by atoms with van der Waals surface area (Å²) in [7, 11) is 3.18. The number of aliphatic hydroxyl groups is 1. The Labute approximate surface area is 229 Å². The lowest BCUT2D eigenvalue weighted by molar-refractivity contribution is -0.450. The molecule has 1 N–H and O–H groups in total. The van der Waals surface area contributed by atoms with Gasteiger partial charge in [0, 0.05) is 43.9 Å². The fourth-order valence-corrected chi connectivity index (χ4v) is 9.96. The zero-order chi connectivity index (χ0) is 27.8. The van der Waals surface area contributed by atoms with Crippen LogP contribution in [0.25, 0.3) is 10.4 Å². The summed E-state index contributed by atoms with van der Waals surface area (Å²) in [5, 5.41) is 15.9. The molecule has 9 atom stereocenters. The van der Waals surface area contributed by atoms with Gasteiger partial charge in [0.05, 0.1) is 24.7 Å². The number of carbonyl (C=O) groups excluding carboxylic acids is 1. The summed E-state index contributed by atoms with van der Waals surface area (Å²) >= 11 is 0. The van der Waals surface area contributed by atoms with E-state index in [2.05, 4.69) is 30.5 Å². The maximum atomic E-state index is 14.4. The molecule has 3 aliphatic heterocycles. The number of azide groups is 1. The second kappa shape index (κ2) is 9.29. The van der Waals surface area contributed by atoms with E-state index in [-0.39, 0.29) is 29.0 Å². The molecule has 0 aromatic rings. The number of ether oxygens (including phenoxy) is 5. The molecule has 0 aromatic carbocycles. The molecule has 39 heavy (non-hydrogen) atoms. The number of methoxy groups -OCH3 is 2. The zero-order valence-electron chi connectivity index (χ0n) is 23.5. The van der Waals surface area contributed by atoms with E-state index in [0.717, 1.165) is 50.7 Å². The number of hydrogen-bond acceptors (Lipinski definition) is 8. The SMILES string of the molecule is C=C1C(=O)[C@]23[C@H](OC)[C@H]1CC[C@H]2[C@@]12CO[C@@]3(OC)[C@@H](O)[C@@H]1C(C)(C)CC1=C2O[C@@H](OCCCCN=[N+]=[N-])CC1. The Morgan fingerprint density at radius 1 is 1.23 bits per heavy atom. The molecule has 2 saturated heterocycles. The Hall–Kier alpha value is -1.94. The first-order chi connectivity index (χ1) is 18.7. The van der Waals surface area contributed by atoms with Crippen molar-refractivity contribution in [3.05, 3.63) is 33.9 Å². The summed E-state index contributed by atoms with van der Waals surface area (Å²) in [5.41, 5.74) is 8.06. The molecule has 0 aromatic heterocycles. The van der Waals surface area contributed by atoms with Gasteiger partial charge in [0.15, 0.2) is 12.1 Å². The summed E-state index contributed by atoms with van der Waals surface area (Å²) in [6, 6.07) is 0. The Morgan fingerprint density at radius 2 is 2.03 bits per heavy atom. The van der Waals surface area contributed by atoms with Gasteiger partial charge in [0.1, 0.15) is 17.3 Å². The minimum Gasteiger partial charge on any atom is -0.469 e. The largest absolute Gasteiger partial charge is 0.469 e. The number of allylic oxidation sites excluding steroid dienone is 1. The molecule has 2 spiro atoms. The van der Waals surface area contributed by atoms with E-state index in [0.29, 0.717) is 25.3 Å². The van der Waals surface area contributed by atoms with E-state index in [4.69, 9.17) is 29.2 Å². The van der Waals surface area contributed by atoms with Crippen LogP contribution in [0.5, 0.6) is 0 Å². The number of ketones is 1. The Bertz CT molecular complexity index is 1150. The van der Waals surface area contributed by atoms with Gasteiger partial charge in [0.2, 0.25) is 5.79 Å². The molecule has 7 aliphatic rings. The van der Waals surface area contributed by atoms with Crippen molar-refractivity contribution in [1.29, 1.82) is 0 Å². The molecule has 3 saturated carbocycles. The van der Waals surface area contributed by atoms with Gasteiger partial charge in [-0.05, 0) is 66.5 Å². The van der Waals surface area contributed by atoms with Gasteiger partial charge in [-0.25, -0.2) is 0 Å². The number of Topliss-reactive ketones (excluding diaryl/α,β-unsaturated/α-hetero) is 1. The van der Waals surface area contributed by atoms with Crippen molar-refractivity contribution in [2.24, 2.45) is 39.1 Å². The molecule has 4 bridgehead atoms. The second-order valence-corrected chi connectivity index (χ2v) is 13.0. The highest BCUT2D eigenvalue weighted by Gasteiger charge is 2.88. The third kappa shape index (κ3) is 3.22. The molecule has 5 fully saturated rings. The maximum Gasteiger partial charge on any atom is 0.210 e. The van der Waals surface area contributed by atoms with E-state index in [9.17, 15) is 9.90 Å². The molecule has 0 radical (unpaired) electrons. The van der Waals surface area contributed by atoms with Crippen molar-refractivity contribution in [3.8, 4) is 0 Å². The normalized spacial score (nSPS) is 45.3. The van der Waals surface area contributed by atoms with Crippen LogP contribution in [0.3, 0.4) is 0 Å². The first kappa shape index (κ1) is 27.2. The fraction of sp³-hybridized carbons (Fsp3) is 0.828. The van der Waals surface area contributed by atoms with Crippen LogP contribution in [0.4, 0.5) is 0 Å². The Morgan fingerprint density at radius 3 is 2.74 bits per heavy atom. The monoisotopic (exact) mass is 543 g/mol. The van der Waals surface area contributed by atoms with Crippen molar-refractivity contribution in [1.82, 2.24) is 0 Å². The predicted molar refractivity (Wildman–Crippen MR) is 140 cm³/mol. The van der Waals surface area contributed by atoms with Gasteiger partial charge in [-0.1, -0.05) is 25.5 Å². The molecule has 214 valence electrons. The van der Waals surface area contributed by atoms with E-state index < -0.39 is 35.1 Å². The topological polar surface area (TPSA) is 132 Å². The van der Waals surface area contributed by atoms with E-state index in [1.54, 1.807) is 14.2 Å². The predicted octanol–water partition coefficient (Wildman–Crippen LogP) is 4.43. The number of aliphatic hydroxyl groups excluding tert-OH is 1. The number of rotatable bonds is 8. The van der Waals surface area contributed by atoms with Gasteiger partial charge >= 0.3 is 0 Å². The van der Waals surface area contributed by atoms with Crippen LogP contribution in [0, 0.1) is 34.0 Å². The Kier molecular flexibility index (Phi) is 6.49. The van der Waals surface area contributed by atoms with Crippen molar-refractivity contribution in [3.63, 3.8) is 0 Å². The van der Waals surface area contributed by atoms with Crippen LogP contribution in [0.15, 0.2) is 28.6 Å². The maximum absolute atomic E-state index is 14.4. The van der Waals surface area contributed by atoms with Crippen molar-refractivity contribution < 1.29 is 33.6 Å².